The van der Waals surface area contributed by atoms with E-state index < -0.39 is 18.6 Å². The molecule has 0 bridgehead atoms. The van der Waals surface area contributed by atoms with Gasteiger partial charge in [-0.1, -0.05) is 5.16 Å². The van der Waals surface area contributed by atoms with Crippen molar-refractivity contribution in [3.63, 3.8) is 0 Å². The third-order valence-corrected chi connectivity index (χ3v) is 3.32. The van der Waals surface area contributed by atoms with Gasteiger partial charge in [0, 0.05) is 13.2 Å². The molecular weight excluding hydrogens is 421 g/mol. The maximum atomic E-state index is 13.0. The first-order valence-electron chi connectivity index (χ1n) is 8.08. The largest absolute Gasteiger partial charge is 0.490 e. The SMILES string of the molecule is CN(C)Cc1ccc(-c2nc(-c3cn(C)nc3C(F)F)no2)o1.O=C(O)C(F)(F)F. The number of alkyl halides is 5. The van der Waals surface area contributed by atoms with Gasteiger partial charge in [-0.25, -0.2) is 13.6 Å². The molecule has 0 aromatic carbocycles. The van der Waals surface area contributed by atoms with Crippen molar-refractivity contribution in [1.82, 2.24) is 24.8 Å². The number of nitrogens with zero attached hydrogens (tertiary/aromatic N) is 5. The summed E-state index contributed by atoms with van der Waals surface area (Å²) in [6.07, 6.45) is -6.38. The lowest BCUT2D eigenvalue weighted by molar-refractivity contribution is -0.192. The maximum absolute atomic E-state index is 13.0. The Morgan fingerprint density at radius 2 is 1.93 bits per heavy atom. The summed E-state index contributed by atoms with van der Waals surface area (Å²) in [6, 6.07) is 3.50. The molecule has 1 N–H and O–H groups in total. The van der Waals surface area contributed by atoms with Crippen molar-refractivity contribution in [3.8, 4) is 23.0 Å². The average Bonchev–Trinajstić information content (AvgIpc) is 3.32. The van der Waals surface area contributed by atoms with Crippen LogP contribution in [0.15, 0.2) is 27.3 Å². The Hall–Kier alpha value is -3.29. The van der Waals surface area contributed by atoms with Crippen LogP contribution >= 0.6 is 0 Å². The zero-order valence-corrected chi connectivity index (χ0v) is 15.8. The van der Waals surface area contributed by atoms with Crippen LogP contribution in [-0.4, -0.2) is 56.2 Å². The van der Waals surface area contributed by atoms with Gasteiger partial charge < -0.3 is 18.9 Å². The van der Waals surface area contributed by atoms with E-state index in [9.17, 15) is 22.0 Å². The van der Waals surface area contributed by atoms with E-state index in [0.717, 1.165) is 5.76 Å². The predicted octanol–water partition coefficient (Wildman–Crippen LogP) is 3.36. The Balaban J connectivity index is 0.000000396. The summed E-state index contributed by atoms with van der Waals surface area (Å²) in [5.41, 5.74) is -0.245. The lowest BCUT2D eigenvalue weighted by Crippen LogP contribution is -2.21. The number of aryl methyl sites for hydroxylation is 1. The van der Waals surface area contributed by atoms with Gasteiger partial charge in [-0.15, -0.1) is 0 Å². The molecule has 0 saturated carbocycles. The van der Waals surface area contributed by atoms with E-state index in [4.69, 9.17) is 18.8 Å². The van der Waals surface area contributed by atoms with E-state index in [2.05, 4.69) is 15.2 Å². The number of furan rings is 1. The van der Waals surface area contributed by atoms with Gasteiger partial charge in [0.15, 0.2) is 5.76 Å². The highest BCUT2D eigenvalue weighted by Gasteiger charge is 2.38. The molecule has 9 nitrogen and oxygen atoms in total. The van der Waals surface area contributed by atoms with E-state index in [1.807, 2.05) is 19.0 Å². The summed E-state index contributed by atoms with van der Waals surface area (Å²) in [5, 5.41) is 14.6. The normalized spacial score (nSPS) is 11.7. The first-order chi connectivity index (χ1) is 13.9. The summed E-state index contributed by atoms with van der Waals surface area (Å²) < 4.78 is 69.7. The Kier molecular flexibility index (Phi) is 6.92. The minimum absolute atomic E-state index is 0.0500. The summed E-state index contributed by atoms with van der Waals surface area (Å²) in [4.78, 5) is 15.0. The van der Waals surface area contributed by atoms with Crippen LogP contribution in [-0.2, 0) is 18.4 Å². The molecule has 3 rings (SSSR count). The number of aromatic nitrogens is 4. The van der Waals surface area contributed by atoms with E-state index in [1.165, 1.54) is 10.9 Å². The second-order valence-corrected chi connectivity index (χ2v) is 6.13. The molecule has 0 aliphatic rings. The second-order valence-electron chi connectivity index (χ2n) is 6.13. The van der Waals surface area contributed by atoms with Crippen LogP contribution in [0.2, 0.25) is 0 Å². The van der Waals surface area contributed by atoms with Crippen LogP contribution < -0.4 is 0 Å². The molecule has 0 saturated heterocycles. The fraction of sp³-hybridized carbons (Fsp3) is 0.375. The van der Waals surface area contributed by atoms with Gasteiger partial charge in [0.1, 0.15) is 11.5 Å². The van der Waals surface area contributed by atoms with Gasteiger partial charge in [-0.3, -0.25) is 4.68 Å². The molecule has 30 heavy (non-hydrogen) atoms. The number of hydrogen-bond donors (Lipinski definition) is 1. The van der Waals surface area contributed by atoms with Crippen molar-refractivity contribution in [3.05, 3.63) is 29.8 Å². The van der Waals surface area contributed by atoms with Crippen molar-refractivity contribution in [2.24, 2.45) is 7.05 Å². The molecule has 0 fully saturated rings. The number of aliphatic carboxylic acids is 1. The molecule has 14 heteroatoms. The number of hydrogen-bond acceptors (Lipinski definition) is 7. The number of carboxylic acids is 1. The second kappa shape index (κ2) is 9.02. The Morgan fingerprint density at radius 1 is 1.30 bits per heavy atom. The van der Waals surface area contributed by atoms with Gasteiger partial charge in [0.2, 0.25) is 5.82 Å². The highest BCUT2D eigenvalue weighted by Crippen LogP contribution is 2.30. The van der Waals surface area contributed by atoms with E-state index >= 15 is 0 Å². The van der Waals surface area contributed by atoms with E-state index in [-0.39, 0.29) is 23.0 Å². The molecule has 3 heterocycles. The number of halogens is 5. The van der Waals surface area contributed by atoms with Crippen molar-refractivity contribution >= 4 is 5.97 Å². The van der Waals surface area contributed by atoms with Gasteiger partial charge in [-0.2, -0.15) is 23.3 Å². The topological polar surface area (TPSA) is 110 Å². The fourth-order valence-corrected chi connectivity index (χ4v) is 2.16. The first-order valence-corrected chi connectivity index (χ1v) is 8.08. The van der Waals surface area contributed by atoms with Crippen molar-refractivity contribution < 1.29 is 40.8 Å². The van der Waals surface area contributed by atoms with E-state index in [1.54, 1.807) is 19.2 Å². The van der Waals surface area contributed by atoms with Crippen LogP contribution in [0.3, 0.4) is 0 Å². The zero-order chi connectivity index (χ0) is 22.6. The highest BCUT2D eigenvalue weighted by molar-refractivity contribution is 5.73. The summed E-state index contributed by atoms with van der Waals surface area (Å²) in [7, 11) is 5.39. The quantitative estimate of drug-likeness (QED) is 0.605. The Bertz CT molecular complexity index is 992. The molecule has 0 aliphatic carbocycles. The molecule has 0 aliphatic heterocycles. The molecule has 0 amide bonds. The maximum Gasteiger partial charge on any atom is 0.490 e. The van der Waals surface area contributed by atoms with Crippen LogP contribution in [0.5, 0.6) is 0 Å². The minimum Gasteiger partial charge on any atom is -0.475 e. The van der Waals surface area contributed by atoms with Crippen LogP contribution in [0, 0.1) is 0 Å². The molecule has 0 radical (unpaired) electrons. The third-order valence-electron chi connectivity index (χ3n) is 3.32. The van der Waals surface area contributed by atoms with Crippen LogP contribution in [0.4, 0.5) is 22.0 Å². The Morgan fingerprint density at radius 3 is 2.47 bits per heavy atom. The van der Waals surface area contributed by atoms with Crippen LogP contribution in [0.25, 0.3) is 23.0 Å². The molecule has 164 valence electrons. The lowest BCUT2D eigenvalue weighted by atomic mass is 10.2. The van der Waals surface area contributed by atoms with Gasteiger partial charge in [0.05, 0.1) is 12.1 Å². The minimum atomic E-state index is -5.08. The Labute approximate surface area is 165 Å². The standard InChI is InChI=1S/C14H15F2N5O2.C2HF3O2/c1-20(2)6-8-4-5-10(22-8)14-17-13(19-23-14)9-7-21(3)18-11(9)12(15)16;3-2(4,5)1(6)7/h4-5,7,12H,6H2,1-3H3;(H,6,7). The predicted molar refractivity (Wildman–Crippen MR) is 90.2 cm³/mol. The first kappa shape index (κ1) is 23.0. The molecule has 0 spiro atoms. The third kappa shape index (κ3) is 5.85. The van der Waals surface area contributed by atoms with Crippen molar-refractivity contribution in [2.75, 3.05) is 14.1 Å². The summed E-state index contributed by atoms with van der Waals surface area (Å²) in [5.74, 6) is -1.45. The highest BCUT2D eigenvalue weighted by atomic mass is 19.4. The van der Waals surface area contributed by atoms with Crippen molar-refractivity contribution in [1.29, 1.82) is 0 Å². The van der Waals surface area contributed by atoms with E-state index in [0.29, 0.717) is 12.3 Å². The number of carbonyl (C=O) groups is 1. The van der Waals surface area contributed by atoms with Crippen molar-refractivity contribution in [2.45, 2.75) is 19.1 Å². The molecule has 3 aromatic rings. The number of rotatable bonds is 5. The summed E-state index contributed by atoms with van der Waals surface area (Å²) >= 11 is 0. The molecule has 3 aromatic heterocycles. The molecule has 0 atom stereocenters. The lowest BCUT2D eigenvalue weighted by Gasteiger charge is -2.05. The fourth-order valence-electron chi connectivity index (χ4n) is 2.16. The molecular formula is C16H16F5N5O4. The van der Waals surface area contributed by atoms with Gasteiger partial charge >= 0.3 is 12.1 Å². The molecule has 0 unspecified atom stereocenters. The van der Waals surface area contributed by atoms with Gasteiger partial charge in [0.25, 0.3) is 12.3 Å². The number of carboxylic acid groups (broad SMARTS) is 1. The monoisotopic (exact) mass is 437 g/mol. The zero-order valence-electron chi connectivity index (χ0n) is 15.8. The average molecular weight is 437 g/mol. The summed E-state index contributed by atoms with van der Waals surface area (Å²) in [6.45, 7) is 0.624. The smallest absolute Gasteiger partial charge is 0.475 e. The van der Waals surface area contributed by atoms with Gasteiger partial charge in [-0.05, 0) is 26.2 Å². The van der Waals surface area contributed by atoms with Crippen LogP contribution in [0.1, 0.15) is 17.9 Å².